The number of nitrogens with zero attached hydrogens (tertiary/aromatic N) is 3. The molecule has 3 heterocycles. The number of halogens is 1. The van der Waals surface area contributed by atoms with Crippen LogP contribution >= 0.6 is 0 Å². The van der Waals surface area contributed by atoms with Crippen LogP contribution in [0.15, 0.2) is 30.6 Å². The predicted molar refractivity (Wildman–Crippen MR) is 104 cm³/mol. The molecule has 2 aliphatic rings. The van der Waals surface area contributed by atoms with Crippen LogP contribution in [0.1, 0.15) is 18.4 Å². The van der Waals surface area contributed by atoms with Gasteiger partial charge < -0.3 is 15.2 Å². The number of benzene rings is 1. The Morgan fingerprint density at radius 1 is 1.11 bits per heavy atom. The van der Waals surface area contributed by atoms with Crippen molar-refractivity contribution in [2.75, 3.05) is 18.5 Å². The first-order valence-corrected chi connectivity index (χ1v) is 9.56. The fraction of sp³-hybridized carbons (Fsp3) is 0.381. The first kappa shape index (κ1) is 17.3. The van der Waals surface area contributed by atoms with Crippen LogP contribution in [0.4, 0.5) is 10.2 Å². The Hall–Kier alpha value is -2.80. The summed E-state index contributed by atoms with van der Waals surface area (Å²) in [6.45, 7) is 3.15. The van der Waals surface area contributed by atoms with E-state index in [2.05, 4.69) is 20.5 Å². The molecule has 3 aromatic rings. The molecule has 28 heavy (non-hydrogen) atoms. The van der Waals surface area contributed by atoms with Gasteiger partial charge in [0.2, 0.25) is 0 Å². The SMILES string of the molecule is Cc1ccc(-c2nnc(NC3[C@@H]4CC[C@H]3COC4)c3cnccc23)c(O)c1F. The average Bonchev–Trinajstić information content (AvgIpc) is 2.93. The topological polar surface area (TPSA) is 80.2 Å². The van der Waals surface area contributed by atoms with E-state index in [4.69, 9.17) is 4.74 Å². The van der Waals surface area contributed by atoms with Gasteiger partial charge in [-0.25, -0.2) is 4.39 Å². The van der Waals surface area contributed by atoms with Crippen LogP contribution in [0.5, 0.6) is 5.75 Å². The Labute approximate surface area is 161 Å². The summed E-state index contributed by atoms with van der Waals surface area (Å²) in [7, 11) is 0. The maximum absolute atomic E-state index is 14.2. The molecule has 2 fully saturated rings. The third kappa shape index (κ3) is 2.69. The predicted octanol–water partition coefficient (Wildman–Crippen LogP) is 3.68. The highest BCUT2D eigenvalue weighted by Crippen LogP contribution is 2.40. The molecule has 2 bridgehead atoms. The van der Waals surface area contributed by atoms with Gasteiger partial charge in [0.15, 0.2) is 17.4 Å². The van der Waals surface area contributed by atoms with Crippen molar-refractivity contribution >= 4 is 16.6 Å². The second-order valence-electron chi connectivity index (χ2n) is 7.72. The van der Waals surface area contributed by atoms with Gasteiger partial charge in [-0.3, -0.25) is 4.98 Å². The van der Waals surface area contributed by atoms with Crippen molar-refractivity contribution in [2.24, 2.45) is 11.8 Å². The number of aryl methyl sites for hydroxylation is 1. The summed E-state index contributed by atoms with van der Waals surface area (Å²) >= 11 is 0. The number of anilines is 1. The summed E-state index contributed by atoms with van der Waals surface area (Å²) in [4.78, 5) is 4.24. The number of ether oxygens (including phenoxy) is 1. The standard InChI is InChI=1S/C21H21FN4O2/c1-11-2-5-15(20(27)17(11)22)19-14-6-7-23-8-16(14)21(26-25-19)24-18-12-3-4-13(18)10-28-9-12/h2,5-8,12-13,18,27H,3-4,9-10H2,1H3,(H,24,26)/t12-,13+,18?. The summed E-state index contributed by atoms with van der Waals surface area (Å²) in [5.74, 6) is 0.574. The normalized spacial score (nSPS) is 23.9. The molecule has 1 aromatic carbocycles. The van der Waals surface area contributed by atoms with Gasteiger partial charge in [0.1, 0.15) is 5.69 Å². The summed E-state index contributed by atoms with van der Waals surface area (Å²) in [5.41, 5.74) is 1.15. The number of phenolic OH excluding ortho intramolecular Hbond substituents is 1. The van der Waals surface area contributed by atoms with Crippen LogP contribution in [0, 0.1) is 24.6 Å². The zero-order chi connectivity index (χ0) is 19.3. The van der Waals surface area contributed by atoms with Crippen molar-refractivity contribution in [1.82, 2.24) is 15.2 Å². The van der Waals surface area contributed by atoms with E-state index in [0.29, 0.717) is 40.5 Å². The van der Waals surface area contributed by atoms with Gasteiger partial charge in [-0.1, -0.05) is 6.07 Å². The minimum absolute atomic E-state index is 0.308. The number of phenols is 1. The van der Waals surface area contributed by atoms with E-state index >= 15 is 0 Å². The van der Waals surface area contributed by atoms with Gasteiger partial charge in [-0.05, 0) is 37.5 Å². The number of hydrogen-bond donors (Lipinski definition) is 2. The van der Waals surface area contributed by atoms with Gasteiger partial charge in [-0.2, -0.15) is 0 Å². The number of aromatic nitrogens is 3. The Kier molecular flexibility index (Phi) is 4.12. The van der Waals surface area contributed by atoms with Crippen molar-refractivity contribution in [2.45, 2.75) is 25.8 Å². The van der Waals surface area contributed by atoms with Gasteiger partial charge in [-0.15, -0.1) is 10.2 Å². The lowest BCUT2D eigenvalue weighted by molar-refractivity contribution is 0.0392. The number of nitrogens with one attached hydrogen (secondary N) is 1. The molecule has 1 saturated carbocycles. The number of rotatable bonds is 3. The minimum atomic E-state index is -0.637. The Bertz CT molecular complexity index is 1040. The van der Waals surface area contributed by atoms with Gasteiger partial charge in [0.05, 0.1) is 13.2 Å². The monoisotopic (exact) mass is 380 g/mol. The lowest BCUT2D eigenvalue weighted by Crippen LogP contribution is -2.39. The molecule has 6 nitrogen and oxygen atoms in total. The third-order valence-electron chi connectivity index (χ3n) is 6.04. The largest absolute Gasteiger partial charge is 0.504 e. The van der Waals surface area contributed by atoms with Crippen LogP contribution < -0.4 is 5.32 Å². The number of fused-ring (bicyclic) bond motifs is 3. The van der Waals surface area contributed by atoms with E-state index in [-0.39, 0.29) is 0 Å². The Balaban J connectivity index is 1.59. The molecule has 7 heteroatoms. The molecule has 3 atom stereocenters. The molecule has 1 saturated heterocycles. The van der Waals surface area contributed by atoms with Crippen LogP contribution in [0.3, 0.4) is 0 Å². The van der Waals surface area contributed by atoms with Crippen LogP contribution in [-0.4, -0.2) is 39.5 Å². The number of hydrogen-bond acceptors (Lipinski definition) is 6. The van der Waals surface area contributed by atoms with E-state index < -0.39 is 11.6 Å². The lowest BCUT2D eigenvalue weighted by atomic mass is 9.96. The first-order valence-electron chi connectivity index (χ1n) is 9.56. The molecule has 0 amide bonds. The summed E-state index contributed by atoms with van der Waals surface area (Å²) < 4.78 is 19.9. The Morgan fingerprint density at radius 2 is 1.89 bits per heavy atom. The zero-order valence-electron chi connectivity index (χ0n) is 15.5. The van der Waals surface area contributed by atoms with Crippen LogP contribution in [0.2, 0.25) is 0 Å². The second-order valence-corrected chi connectivity index (χ2v) is 7.72. The highest BCUT2D eigenvalue weighted by Gasteiger charge is 2.40. The second kappa shape index (κ2) is 6.67. The van der Waals surface area contributed by atoms with Crippen molar-refractivity contribution in [3.63, 3.8) is 0 Å². The van der Waals surface area contributed by atoms with E-state index in [9.17, 15) is 9.50 Å². The molecule has 0 spiro atoms. The van der Waals surface area contributed by atoms with E-state index in [0.717, 1.165) is 36.8 Å². The smallest absolute Gasteiger partial charge is 0.168 e. The Morgan fingerprint density at radius 3 is 2.68 bits per heavy atom. The molecule has 1 aliphatic carbocycles. The lowest BCUT2D eigenvalue weighted by Gasteiger charge is -2.31. The average molecular weight is 380 g/mol. The quantitative estimate of drug-likeness (QED) is 0.722. The van der Waals surface area contributed by atoms with Crippen molar-refractivity contribution in [1.29, 1.82) is 0 Å². The molecule has 2 aromatic heterocycles. The van der Waals surface area contributed by atoms with Gasteiger partial charge in [0, 0.05) is 46.6 Å². The summed E-state index contributed by atoms with van der Waals surface area (Å²) in [6, 6.07) is 5.43. The molecule has 2 N–H and O–H groups in total. The van der Waals surface area contributed by atoms with Crippen LogP contribution in [0.25, 0.3) is 22.0 Å². The van der Waals surface area contributed by atoms with Crippen molar-refractivity contribution in [3.8, 4) is 17.0 Å². The van der Waals surface area contributed by atoms with E-state index in [1.807, 2.05) is 6.07 Å². The maximum atomic E-state index is 14.2. The molecular weight excluding hydrogens is 359 g/mol. The zero-order valence-corrected chi connectivity index (χ0v) is 15.5. The van der Waals surface area contributed by atoms with Gasteiger partial charge in [0.25, 0.3) is 0 Å². The molecule has 5 rings (SSSR count). The maximum Gasteiger partial charge on any atom is 0.168 e. The summed E-state index contributed by atoms with van der Waals surface area (Å²) in [5, 5.41) is 24.2. The highest BCUT2D eigenvalue weighted by atomic mass is 19.1. The molecule has 1 unspecified atom stereocenters. The summed E-state index contributed by atoms with van der Waals surface area (Å²) in [6.07, 6.45) is 5.71. The van der Waals surface area contributed by atoms with E-state index in [1.165, 1.54) is 0 Å². The molecule has 144 valence electrons. The molecular formula is C21H21FN4O2. The molecule has 1 aliphatic heterocycles. The minimum Gasteiger partial charge on any atom is -0.504 e. The van der Waals surface area contributed by atoms with Gasteiger partial charge >= 0.3 is 0 Å². The fourth-order valence-electron chi connectivity index (χ4n) is 4.47. The first-order chi connectivity index (χ1) is 13.6. The highest BCUT2D eigenvalue weighted by molar-refractivity contribution is 6.00. The number of pyridine rings is 1. The van der Waals surface area contributed by atoms with Crippen molar-refractivity contribution < 1.29 is 14.2 Å². The van der Waals surface area contributed by atoms with Crippen molar-refractivity contribution in [3.05, 3.63) is 42.0 Å². The molecule has 0 radical (unpaired) electrons. The third-order valence-corrected chi connectivity index (χ3v) is 6.04. The van der Waals surface area contributed by atoms with E-state index in [1.54, 1.807) is 31.5 Å². The van der Waals surface area contributed by atoms with Crippen LogP contribution in [-0.2, 0) is 4.74 Å². The fourth-order valence-corrected chi connectivity index (χ4v) is 4.47. The number of aromatic hydroxyl groups is 1.